The van der Waals surface area contributed by atoms with Gasteiger partial charge in [0, 0.05) is 48.7 Å². The van der Waals surface area contributed by atoms with E-state index in [1.165, 1.54) is 11.8 Å². The van der Waals surface area contributed by atoms with Crippen LogP contribution in [0.25, 0.3) is 10.9 Å². The Morgan fingerprint density at radius 2 is 1.90 bits per heavy atom. The van der Waals surface area contributed by atoms with Crippen LogP contribution in [-0.2, 0) is 23.1 Å². The molecule has 156 valence electrons. The van der Waals surface area contributed by atoms with Crippen molar-refractivity contribution < 1.29 is 9.59 Å². The highest BCUT2D eigenvalue weighted by atomic mass is 35.5. The normalized spacial score (nSPS) is 10.8. The van der Waals surface area contributed by atoms with Crippen molar-refractivity contribution in [2.75, 3.05) is 10.2 Å². The second-order valence-corrected chi connectivity index (χ2v) is 7.65. The lowest BCUT2D eigenvalue weighted by Crippen LogP contribution is -2.24. The number of fused-ring (bicyclic) bond motifs is 1. The van der Waals surface area contributed by atoms with E-state index in [2.05, 4.69) is 10.3 Å². The van der Waals surface area contributed by atoms with Gasteiger partial charge in [0.1, 0.15) is 5.82 Å². The minimum atomic E-state index is -0.204. The number of nitrogens with one attached hydrogen (secondary N) is 1. The highest BCUT2D eigenvalue weighted by Gasteiger charge is 2.17. The van der Waals surface area contributed by atoms with E-state index >= 15 is 0 Å². The van der Waals surface area contributed by atoms with Crippen LogP contribution in [0.5, 0.6) is 0 Å². The molecule has 7 heteroatoms. The van der Waals surface area contributed by atoms with Crippen LogP contribution >= 0.6 is 11.6 Å². The van der Waals surface area contributed by atoms with Gasteiger partial charge in [-0.1, -0.05) is 35.9 Å². The summed E-state index contributed by atoms with van der Waals surface area (Å²) in [6.45, 7) is 1.49. The lowest BCUT2D eigenvalue weighted by Gasteiger charge is -2.21. The van der Waals surface area contributed by atoms with Crippen molar-refractivity contribution in [3.8, 4) is 0 Å². The van der Waals surface area contributed by atoms with Crippen molar-refractivity contribution in [3.63, 3.8) is 0 Å². The average molecular weight is 433 g/mol. The highest BCUT2D eigenvalue weighted by molar-refractivity contribution is 6.31. The van der Waals surface area contributed by atoms with Gasteiger partial charge >= 0.3 is 0 Å². The molecule has 2 heterocycles. The largest absolute Gasteiger partial charge is 0.350 e. The highest BCUT2D eigenvalue weighted by Crippen LogP contribution is 2.29. The Hall–Kier alpha value is -3.64. The molecule has 0 aliphatic rings. The van der Waals surface area contributed by atoms with E-state index in [9.17, 15) is 9.59 Å². The molecule has 0 saturated heterocycles. The number of carbonyl (C=O) groups is 2. The number of aromatic nitrogens is 2. The van der Waals surface area contributed by atoms with Gasteiger partial charge in [-0.15, -0.1) is 0 Å². The second-order valence-electron chi connectivity index (χ2n) is 7.24. The van der Waals surface area contributed by atoms with Gasteiger partial charge in [0.2, 0.25) is 11.8 Å². The number of nitrogens with zero attached hydrogens (tertiary/aromatic N) is 3. The van der Waals surface area contributed by atoms with Crippen LogP contribution < -0.4 is 10.2 Å². The summed E-state index contributed by atoms with van der Waals surface area (Å²) in [6.07, 6.45) is 3.69. The van der Waals surface area contributed by atoms with Crippen LogP contribution in [0.15, 0.2) is 73.1 Å². The van der Waals surface area contributed by atoms with E-state index in [0.29, 0.717) is 22.2 Å². The molecule has 4 aromatic rings. The van der Waals surface area contributed by atoms with Gasteiger partial charge in [-0.05, 0) is 41.3 Å². The van der Waals surface area contributed by atoms with Crippen molar-refractivity contribution in [2.24, 2.45) is 7.05 Å². The van der Waals surface area contributed by atoms with Gasteiger partial charge in [-0.2, -0.15) is 0 Å². The number of hydrogen-bond donors (Lipinski definition) is 1. The minimum Gasteiger partial charge on any atom is -0.350 e. The van der Waals surface area contributed by atoms with Crippen LogP contribution in [0, 0.1) is 0 Å². The molecule has 0 fully saturated rings. The SMILES string of the molecule is CC(=O)N(c1ccc2ccn(C)c2c1)c1cc(NC(=O)Cc2ccccc2Cl)ccn1. The van der Waals surface area contributed by atoms with E-state index in [1.807, 2.05) is 60.3 Å². The molecule has 2 aromatic heterocycles. The number of rotatable bonds is 5. The maximum Gasteiger partial charge on any atom is 0.229 e. The summed E-state index contributed by atoms with van der Waals surface area (Å²) in [5.41, 5.74) is 3.01. The van der Waals surface area contributed by atoms with Gasteiger partial charge in [-0.3, -0.25) is 14.5 Å². The molecule has 0 spiro atoms. The first-order valence-corrected chi connectivity index (χ1v) is 10.2. The Morgan fingerprint density at radius 1 is 1.10 bits per heavy atom. The van der Waals surface area contributed by atoms with E-state index in [4.69, 9.17) is 11.6 Å². The van der Waals surface area contributed by atoms with E-state index in [1.54, 1.807) is 24.4 Å². The topological polar surface area (TPSA) is 67.2 Å². The zero-order chi connectivity index (χ0) is 22.0. The van der Waals surface area contributed by atoms with Gasteiger partial charge < -0.3 is 9.88 Å². The molecule has 0 aliphatic carbocycles. The molecule has 0 unspecified atom stereocenters. The zero-order valence-electron chi connectivity index (χ0n) is 17.2. The quantitative estimate of drug-likeness (QED) is 0.477. The maximum absolute atomic E-state index is 12.5. The lowest BCUT2D eigenvalue weighted by atomic mass is 10.1. The Kier molecular flexibility index (Phi) is 5.73. The summed E-state index contributed by atoms with van der Waals surface area (Å²) in [5, 5.41) is 4.49. The number of hydrogen-bond acceptors (Lipinski definition) is 3. The zero-order valence-corrected chi connectivity index (χ0v) is 17.9. The van der Waals surface area contributed by atoms with Crippen molar-refractivity contribution in [1.82, 2.24) is 9.55 Å². The number of halogens is 1. The fraction of sp³-hybridized carbons (Fsp3) is 0.125. The third kappa shape index (κ3) is 4.44. The summed E-state index contributed by atoms with van der Waals surface area (Å²) in [4.78, 5) is 30.9. The Morgan fingerprint density at radius 3 is 2.68 bits per heavy atom. The summed E-state index contributed by atoms with van der Waals surface area (Å²) >= 11 is 6.15. The summed E-state index contributed by atoms with van der Waals surface area (Å²) in [5.74, 6) is 0.0436. The Labute approximate surface area is 185 Å². The number of amides is 2. The van der Waals surface area contributed by atoms with Gasteiger partial charge in [0.15, 0.2) is 0 Å². The second kappa shape index (κ2) is 8.62. The maximum atomic E-state index is 12.5. The Bertz CT molecular complexity index is 1280. The number of pyridine rings is 1. The molecule has 2 amide bonds. The first-order valence-electron chi connectivity index (χ1n) is 9.77. The van der Waals surface area contributed by atoms with Crippen LogP contribution in [-0.4, -0.2) is 21.4 Å². The van der Waals surface area contributed by atoms with Crippen molar-refractivity contribution in [2.45, 2.75) is 13.3 Å². The van der Waals surface area contributed by atoms with Crippen LogP contribution in [0.2, 0.25) is 5.02 Å². The number of carbonyl (C=O) groups excluding carboxylic acids is 2. The van der Waals surface area contributed by atoms with Crippen LogP contribution in [0.1, 0.15) is 12.5 Å². The number of benzene rings is 2. The molecule has 31 heavy (non-hydrogen) atoms. The molecule has 2 aromatic carbocycles. The third-order valence-corrected chi connectivity index (χ3v) is 5.38. The third-order valence-electron chi connectivity index (χ3n) is 5.01. The molecule has 0 bridgehead atoms. The van der Waals surface area contributed by atoms with Crippen LogP contribution in [0.3, 0.4) is 0 Å². The van der Waals surface area contributed by atoms with Gasteiger partial charge in [-0.25, -0.2) is 4.98 Å². The molecule has 1 N–H and O–H groups in total. The fourth-order valence-electron chi connectivity index (χ4n) is 3.50. The summed E-state index contributed by atoms with van der Waals surface area (Å²) < 4.78 is 2.00. The molecule has 6 nitrogen and oxygen atoms in total. The first-order chi connectivity index (χ1) is 14.9. The lowest BCUT2D eigenvalue weighted by molar-refractivity contribution is -0.116. The molecule has 0 atom stereocenters. The van der Waals surface area contributed by atoms with Crippen molar-refractivity contribution >= 4 is 51.5 Å². The molecular weight excluding hydrogens is 412 g/mol. The first kappa shape index (κ1) is 20.6. The monoisotopic (exact) mass is 432 g/mol. The predicted molar refractivity (Wildman–Crippen MR) is 124 cm³/mol. The van der Waals surface area contributed by atoms with Crippen LogP contribution in [0.4, 0.5) is 17.2 Å². The van der Waals surface area contributed by atoms with Gasteiger partial charge in [0.05, 0.1) is 12.1 Å². The number of anilines is 3. The molecule has 0 saturated carbocycles. The van der Waals surface area contributed by atoms with Crippen molar-refractivity contribution in [3.05, 3.63) is 83.6 Å². The summed E-state index contributed by atoms with van der Waals surface area (Å²) in [7, 11) is 1.96. The Balaban J connectivity index is 1.60. The number of aryl methyl sites for hydroxylation is 1. The standard InChI is InChI=1S/C24H21ClN4O2/c1-16(30)29(20-8-7-17-10-12-28(2)22(17)15-20)23-14-19(9-11-26-23)27-24(31)13-18-5-3-4-6-21(18)25/h3-12,14-15H,13H2,1-2H3,(H,26,27,31). The molecule has 4 rings (SSSR count). The molecule has 0 aliphatic heterocycles. The van der Waals surface area contributed by atoms with Crippen molar-refractivity contribution in [1.29, 1.82) is 0 Å². The van der Waals surface area contributed by atoms with Gasteiger partial charge in [0.25, 0.3) is 0 Å². The smallest absolute Gasteiger partial charge is 0.229 e. The minimum absolute atomic E-state index is 0.151. The molecule has 0 radical (unpaired) electrons. The fourth-order valence-corrected chi connectivity index (χ4v) is 3.71. The summed E-state index contributed by atoms with van der Waals surface area (Å²) in [6, 6.07) is 18.4. The van der Waals surface area contributed by atoms with E-state index in [0.717, 1.165) is 16.5 Å². The predicted octanol–water partition coefficient (Wildman–Crippen LogP) is 5.09. The van der Waals surface area contributed by atoms with E-state index in [-0.39, 0.29) is 18.2 Å². The molecular formula is C24H21ClN4O2. The van der Waals surface area contributed by atoms with E-state index < -0.39 is 0 Å². The average Bonchev–Trinajstić information content (AvgIpc) is 3.10.